The summed E-state index contributed by atoms with van der Waals surface area (Å²) in [4.78, 5) is 4.23. The second kappa shape index (κ2) is 6.43. The predicted molar refractivity (Wildman–Crippen MR) is 72.1 cm³/mol. The molecular formula is C14H19FN4. The zero-order chi connectivity index (χ0) is 13.7. The molecule has 0 aliphatic carbocycles. The van der Waals surface area contributed by atoms with Gasteiger partial charge in [-0.25, -0.2) is 9.37 Å². The quantitative estimate of drug-likeness (QED) is 0.865. The Bertz CT molecular complexity index is 524. The van der Waals surface area contributed by atoms with Gasteiger partial charge in [0.15, 0.2) is 0 Å². The van der Waals surface area contributed by atoms with Gasteiger partial charge in [0.05, 0.1) is 0 Å². The van der Waals surface area contributed by atoms with Crippen LogP contribution in [0.25, 0.3) is 0 Å². The average molecular weight is 262 g/mol. The Hall–Kier alpha value is -1.75. The maximum Gasteiger partial charge on any atom is 0.138 e. The van der Waals surface area contributed by atoms with Crippen molar-refractivity contribution in [2.24, 2.45) is 5.73 Å². The SMILES string of the molecule is CCCn1ncnc1CC(N)Cc1cccc(F)c1. The normalized spacial score (nSPS) is 12.6. The van der Waals surface area contributed by atoms with Gasteiger partial charge in [-0.1, -0.05) is 19.1 Å². The van der Waals surface area contributed by atoms with E-state index in [9.17, 15) is 4.39 Å². The van der Waals surface area contributed by atoms with Crippen LogP contribution in [0.3, 0.4) is 0 Å². The molecule has 0 aliphatic heterocycles. The lowest BCUT2D eigenvalue weighted by Crippen LogP contribution is -2.27. The lowest BCUT2D eigenvalue weighted by Gasteiger charge is -2.12. The zero-order valence-electron chi connectivity index (χ0n) is 11.1. The summed E-state index contributed by atoms with van der Waals surface area (Å²) < 4.78 is 15.0. The van der Waals surface area contributed by atoms with Crippen LogP contribution in [0, 0.1) is 5.82 Å². The van der Waals surface area contributed by atoms with E-state index in [-0.39, 0.29) is 11.9 Å². The van der Waals surface area contributed by atoms with Gasteiger partial charge in [0, 0.05) is 19.0 Å². The molecule has 1 aromatic carbocycles. The monoisotopic (exact) mass is 262 g/mol. The lowest BCUT2D eigenvalue weighted by atomic mass is 10.0. The van der Waals surface area contributed by atoms with Crippen LogP contribution in [0.15, 0.2) is 30.6 Å². The van der Waals surface area contributed by atoms with Crippen molar-refractivity contribution >= 4 is 0 Å². The highest BCUT2D eigenvalue weighted by Gasteiger charge is 2.11. The van der Waals surface area contributed by atoms with Crippen molar-refractivity contribution in [3.05, 3.63) is 47.8 Å². The molecule has 5 heteroatoms. The number of benzene rings is 1. The highest BCUT2D eigenvalue weighted by atomic mass is 19.1. The summed E-state index contributed by atoms with van der Waals surface area (Å²) in [6, 6.07) is 6.47. The second-order valence-corrected chi connectivity index (χ2v) is 4.70. The van der Waals surface area contributed by atoms with Crippen LogP contribution in [0.2, 0.25) is 0 Å². The molecule has 19 heavy (non-hydrogen) atoms. The van der Waals surface area contributed by atoms with E-state index in [2.05, 4.69) is 17.0 Å². The molecular weight excluding hydrogens is 243 g/mol. The number of aryl methyl sites for hydroxylation is 1. The first kappa shape index (κ1) is 13.7. The van der Waals surface area contributed by atoms with Gasteiger partial charge in [-0.3, -0.25) is 4.68 Å². The fourth-order valence-corrected chi connectivity index (χ4v) is 2.12. The fourth-order valence-electron chi connectivity index (χ4n) is 2.12. The van der Waals surface area contributed by atoms with Gasteiger partial charge in [0.2, 0.25) is 0 Å². The number of nitrogens with zero attached hydrogens (tertiary/aromatic N) is 3. The van der Waals surface area contributed by atoms with Gasteiger partial charge in [-0.2, -0.15) is 5.10 Å². The summed E-state index contributed by atoms with van der Waals surface area (Å²) in [6.45, 7) is 2.94. The van der Waals surface area contributed by atoms with E-state index in [0.29, 0.717) is 12.8 Å². The minimum absolute atomic E-state index is 0.0818. The van der Waals surface area contributed by atoms with E-state index in [1.807, 2.05) is 10.7 Å². The minimum Gasteiger partial charge on any atom is -0.327 e. The van der Waals surface area contributed by atoms with Crippen molar-refractivity contribution in [1.29, 1.82) is 0 Å². The molecule has 0 aliphatic rings. The van der Waals surface area contributed by atoms with Crippen LogP contribution in [-0.2, 0) is 19.4 Å². The molecule has 2 rings (SSSR count). The summed E-state index contributed by atoms with van der Waals surface area (Å²) in [5, 5.41) is 4.17. The molecule has 102 valence electrons. The molecule has 1 atom stereocenters. The summed E-state index contributed by atoms with van der Waals surface area (Å²) in [6.07, 6.45) is 3.85. The number of nitrogens with two attached hydrogens (primary N) is 1. The third-order valence-corrected chi connectivity index (χ3v) is 2.96. The lowest BCUT2D eigenvalue weighted by molar-refractivity contribution is 0.539. The summed E-state index contributed by atoms with van der Waals surface area (Å²) in [5.41, 5.74) is 7.02. The van der Waals surface area contributed by atoms with E-state index in [4.69, 9.17) is 5.73 Å². The van der Waals surface area contributed by atoms with E-state index in [1.165, 1.54) is 12.1 Å². The molecule has 2 N–H and O–H groups in total. The van der Waals surface area contributed by atoms with Crippen LogP contribution < -0.4 is 5.73 Å². The Balaban J connectivity index is 1.97. The smallest absolute Gasteiger partial charge is 0.138 e. The Kier molecular flexibility index (Phi) is 4.63. The molecule has 1 heterocycles. The summed E-state index contributed by atoms with van der Waals surface area (Å²) in [7, 11) is 0. The Morgan fingerprint density at radius 2 is 2.21 bits per heavy atom. The molecule has 1 aromatic heterocycles. The van der Waals surface area contributed by atoms with Crippen molar-refractivity contribution in [2.75, 3.05) is 0 Å². The Morgan fingerprint density at radius 1 is 1.37 bits per heavy atom. The standard InChI is InChI=1S/C14H19FN4/c1-2-6-19-14(17-10-18-19)9-13(16)8-11-4-3-5-12(15)7-11/h3-5,7,10,13H,2,6,8-9,16H2,1H3. The third kappa shape index (κ3) is 3.86. The van der Waals surface area contributed by atoms with Gasteiger partial charge >= 0.3 is 0 Å². The number of rotatable bonds is 6. The van der Waals surface area contributed by atoms with Crippen LogP contribution in [0.1, 0.15) is 24.7 Å². The van der Waals surface area contributed by atoms with Gasteiger partial charge < -0.3 is 5.73 Å². The summed E-state index contributed by atoms with van der Waals surface area (Å²) >= 11 is 0. The van der Waals surface area contributed by atoms with Crippen LogP contribution in [0.4, 0.5) is 4.39 Å². The minimum atomic E-state index is -0.223. The number of aromatic nitrogens is 3. The Morgan fingerprint density at radius 3 is 2.95 bits per heavy atom. The van der Waals surface area contributed by atoms with Crippen LogP contribution in [-0.4, -0.2) is 20.8 Å². The average Bonchev–Trinajstić information content (AvgIpc) is 2.77. The highest BCUT2D eigenvalue weighted by Crippen LogP contribution is 2.08. The van der Waals surface area contributed by atoms with Crippen molar-refractivity contribution in [2.45, 2.75) is 38.8 Å². The highest BCUT2D eigenvalue weighted by molar-refractivity contribution is 5.17. The molecule has 0 saturated heterocycles. The first-order chi connectivity index (χ1) is 9.19. The van der Waals surface area contributed by atoms with Gasteiger partial charge in [-0.15, -0.1) is 0 Å². The largest absolute Gasteiger partial charge is 0.327 e. The third-order valence-electron chi connectivity index (χ3n) is 2.96. The molecule has 0 amide bonds. The molecule has 0 spiro atoms. The molecule has 0 bridgehead atoms. The fraction of sp³-hybridized carbons (Fsp3) is 0.429. The number of hydrogen-bond acceptors (Lipinski definition) is 3. The molecule has 1 unspecified atom stereocenters. The van der Waals surface area contributed by atoms with Gasteiger partial charge in [-0.05, 0) is 30.5 Å². The first-order valence-electron chi connectivity index (χ1n) is 6.55. The zero-order valence-corrected chi connectivity index (χ0v) is 11.1. The molecule has 2 aromatic rings. The number of hydrogen-bond donors (Lipinski definition) is 1. The van der Waals surface area contributed by atoms with E-state index in [1.54, 1.807) is 12.4 Å². The predicted octanol–water partition coefficient (Wildman–Crippen LogP) is 1.94. The van der Waals surface area contributed by atoms with Crippen LogP contribution >= 0.6 is 0 Å². The van der Waals surface area contributed by atoms with Crippen molar-refractivity contribution in [1.82, 2.24) is 14.8 Å². The van der Waals surface area contributed by atoms with Crippen molar-refractivity contribution < 1.29 is 4.39 Å². The topological polar surface area (TPSA) is 56.7 Å². The summed E-state index contributed by atoms with van der Waals surface area (Å²) in [5.74, 6) is 0.671. The maximum absolute atomic E-state index is 13.1. The van der Waals surface area contributed by atoms with Crippen LogP contribution in [0.5, 0.6) is 0 Å². The molecule has 4 nitrogen and oxygen atoms in total. The Labute approximate surface area is 112 Å². The first-order valence-corrected chi connectivity index (χ1v) is 6.55. The molecule has 0 saturated carbocycles. The van der Waals surface area contributed by atoms with Crippen molar-refractivity contribution in [3.8, 4) is 0 Å². The number of halogens is 1. The van der Waals surface area contributed by atoms with E-state index >= 15 is 0 Å². The van der Waals surface area contributed by atoms with E-state index in [0.717, 1.165) is 24.4 Å². The maximum atomic E-state index is 13.1. The van der Waals surface area contributed by atoms with Gasteiger partial charge in [0.25, 0.3) is 0 Å². The molecule has 0 fully saturated rings. The van der Waals surface area contributed by atoms with Gasteiger partial charge in [0.1, 0.15) is 18.0 Å². The van der Waals surface area contributed by atoms with Crippen molar-refractivity contribution in [3.63, 3.8) is 0 Å². The van der Waals surface area contributed by atoms with E-state index < -0.39 is 0 Å². The second-order valence-electron chi connectivity index (χ2n) is 4.70. The molecule has 0 radical (unpaired) electrons.